The second kappa shape index (κ2) is 6.78. The fourth-order valence-electron chi connectivity index (χ4n) is 1.94. The average Bonchev–Trinajstić information content (AvgIpc) is 2.39. The van der Waals surface area contributed by atoms with Gasteiger partial charge in [0.15, 0.2) is 0 Å². The molecule has 5 nitrogen and oxygen atoms in total. The third-order valence-corrected chi connectivity index (χ3v) is 2.97. The van der Waals surface area contributed by atoms with Crippen molar-refractivity contribution in [2.75, 3.05) is 20.7 Å². The first-order valence-electron chi connectivity index (χ1n) is 6.10. The highest BCUT2D eigenvalue weighted by molar-refractivity contribution is 5.86. The molecule has 0 radical (unpaired) electrons. The number of hydrogen-bond acceptors (Lipinski definition) is 3. The molecule has 1 aromatic rings. The Kier molecular flexibility index (Phi) is 5.36. The van der Waals surface area contributed by atoms with E-state index in [0.717, 1.165) is 11.3 Å². The Morgan fingerprint density at radius 1 is 1.32 bits per heavy atom. The maximum Gasteiger partial charge on any atom is 0.323 e. The minimum atomic E-state index is -1.01. The van der Waals surface area contributed by atoms with Crippen LogP contribution in [0.2, 0.25) is 0 Å². The maximum atomic E-state index is 12.2. The van der Waals surface area contributed by atoms with E-state index in [9.17, 15) is 9.59 Å². The molecule has 0 heterocycles. The molecule has 0 bridgehead atoms. The van der Waals surface area contributed by atoms with Gasteiger partial charge in [-0.3, -0.25) is 9.59 Å². The van der Waals surface area contributed by atoms with Crippen molar-refractivity contribution in [1.29, 1.82) is 0 Å². The average molecular weight is 265 g/mol. The summed E-state index contributed by atoms with van der Waals surface area (Å²) in [6.45, 7) is 1.62. The number of carbonyl (C=O) groups is 2. The molecule has 0 aromatic heterocycles. The molecular weight excluding hydrogens is 246 g/mol. The number of benzene rings is 1. The standard InChI is InChI=1S/C14H19NO4/c1-4-12(14(18)15(2)9-13(16)17)10-5-7-11(19-3)8-6-10/h5-8,12H,4,9H2,1-3H3,(H,16,17). The first-order valence-corrected chi connectivity index (χ1v) is 6.10. The van der Waals surface area contributed by atoms with Crippen LogP contribution in [-0.4, -0.2) is 42.6 Å². The Morgan fingerprint density at radius 3 is 2.32 bits per heavy atom. The number of methoxy groups -OCH3 is 1. The van der Waals surface area contributed by atoms with Crippen molar-refractivity contribution < 1.29 is 19.4 Å². The Hall–Kier alpha value is -2.04. The van der Waals surface area contributed by atoms with Gasteiger partial charge in [-0.15, -0.1) is 0 Å². The van der Waals surface area contributed by atoms with E-state index in [2.05, 4.69) is 0 Å². The minimum Gasteiger partial charge on any atom is -0.497 e. The molecule has 5 heteroatoms. The number of aliphatic carboxylic acids is 1. The van der Waals surface area contributed by atoms with Crippen molar-refractivity contribution in [3.8, 4) is 5.75 Å². The number of nitrogens with zero attached hydrogens (tertiary/aromatic N) is 1. The lowest BCUT2D eigenvalue weighted by atomic mass is 9.95. The molecule has 0 saturated heterocycles. The lowest BCUT2D eigenvalue weighted by molar-refractivity contribution is -0.144. The van der Waals surface area contributed by atoms with E-state index in [0.29, 0.717) is 6.42 Å². The smallest absolute Gasteiger partial charge is 0.323 e. The van der Waals surface area contributed by atoms with Gasteiger partial charge in [-0.1, -0.05) is 19.1 Å². The molecule has 19 heavy (non-hydrogen) atoms. The SMILES string of the molecule is CCC(C(=O)N(C)CC(=O)O)c1ccc(OC)cc1. The maximum absolute atomic E-state index is 12.2. The van der Waals surface area contributed by atoms with Crippen molar-refractivity contribution in [2.24, 2.45) is 0 Å². The predicted octanol–water partition coefficient (Wildman–Crippen LogP) is 1.73. The molecular formula is C14H19NO4. The van der Waals surface area contributed by atoms with E-state index in [4.69, 9.17) is 9.84 Å². The number of rotatable bonds is 6. The first-order chi connectivity index (χ1) is 8.99. The number of amides is 1. The van der Waals surface area contributed by atoms with Crippen molar-refractivity contribution in [3.05, 3.63) is 29.8 Å². The first kappa shape index (κ1) is 15.0. The number of hydrogen-bond donors (Lipinski definition) is 1. The van der Waals surface area contributed by atoms with Crippen LogP contribution in [0.4, 0.5) is 0 Å². The van der Waals surface area contributed by atoms with E-state index in [1.165, 1.54) is 11.9 Å². The van der Waals surface area contributed by atoms with E-state index in [1.807, 2.05) is 19.1 Å². The summed E-state index contributed by atoms with van der Waals surface area (Å²) in [7, 11) is 3.08. The van der Waals surface area contributed by atoms with Gasteiger partial charge in [0.2, 0.25) is 5.91 Å². The molecule has 1 aromatic carbocycles. The Balaban J connectivity index is 2.86. The molecule has 0 spiro atoms. The van der Waals surface area contributed by atoms with Crippen LogP contribution in [0.3, 0.4) is 0 Å². The van der Waals surface area contributed by atoms with Gasteiger partial charge in [0.25, 0.3) is 0 Å². The van der Waals surface area contributed by atoms with Gasteiger partial charge in [0, 0.05) is 7.05 Å². The summed E-state index contributed by atoms with van der Waals surface area (Å²) in [6.07, 6.45) is 0.620. The predicted molar refractivity (Wildman–Crippen MR) is 71.3 cm³/mol. The molecule has 104 valence electrons. The normalized spacial score (nSPS) is 11.7. The number of carbonyl (C=O) groups excluding carboxylic acids is 1. The lowest BCUT2D eigenvalue weighted by Crippen LogP contribution is -2.35. The van der Waals surface area contributed by atoms with Crippen LogP contribution < -0.4 is 4.74 Å². The van der Waals surface area contributed by atoms with Crippen LogP contribution in [0.25, 0.3) is 0 Å². The van der Waals surface area contributed by atoms with Gasteiger partial charge >= 0.3 is 5.97 Å². The topological polar surface area (TPSA) is 66.8 Å². The second-order valence-electron chi connectivity index (χ2n) is 4.32. The Bertz CT molecular complexity index is 441. The molecule has 0 saturated carbocycles. The van der Waals surface area contributed by atoms with E-state index >= 15 is 0 Å². The van der Waals surface area contributed by atoms with Gasteiger partial charge in [-0.25, -0.2) is 0 Å². The van der Waals surface area contributed by atoms with E-state index < -0.39 is 5.97 Å². The number of likely N-dealkylation sites (N-methyl/N-ethyl adjacent to an activating group) is 1. The molecule has 1 atom stereocenters. The van der Waals surface area contributed by atoms with E-state index in [1.54, 1.807) is 19.2 Å². The van der Waals surface area contributed by atoms with Crippen LogP contribution in [0.15, 0.2) is 24.3 Å². The van der Waals surface area contributed by atoms with Gasteiger partial charge in [0.1, 0.15) is 12.3 Å². The zero-order chi connectivity index (χ0) is 14.4. The summed E-state index contributed by atoms with van der Waals surface area (Å²) in [6, 6.07) is 7.25. The highest BCUT2D eigenvalue weighted by Crippen LogP contribution is 2.24. The zero-order valence-corrected chi connectivity index (χ0v) is 11.4. The number of ether oxygens (including phenoxy) is 1. The fraction of sp³-hybridized carbons (Fsp3) is 0.429. The van der Waals surface area contributed by atoms with Crippen molar-refractivity contribution >= 4 is 11.9 Å². The molecule has 0 aliphatic carbocycles. The van der Waals surface area contributed by atoms with Crippen molar-refractivity contribution in [3.63, 3.8) is 0 Å². The van der Waals surface area contributed by atoms with Gasteiger partial charge in [0.05, 0.1) is 13.0 Å². The zero-order valence-electron chi connectivity index (χ0n) is 11.4. The Morgan fingerprint density at radius 2 is 1.89 bits per heavy atom. The summed E-state index contributed by atoms with van der Waals surface area (Å²) >= 11 is 0. The summed E-state index contributed by atoms with van der Waals surface area (Å²) in [5.41, 5.74) is 0.866. The highest BCUT2D eigenvalue weighted by atomic mass is 16.5. The summed E-state index contributed by atoms with van der Waals surface area (Å²) in [4.78, 5) is 24.1. The molecule has 0 aliphatic heterocycles. The van der Waals surface area contributed by atoms with Crippen LogP contribution in [-0.2, 0) is 9.59 Å². The van der Waals surface area contributed by atoms with Gasteiger partial charge in [-0.2, -0.15) is 0 Å². The van der Waals surface area contributed by atoms with Crippen LogP contribution >= 0.6 is 0 Å². The molecule has 1 amide bonds. The summed E-state index contributed by atoms with van der Waals surface area (Å²) in [5.74, 6) is -0.796. The van der Waals surface area contributed by atoms with Crippen molar-refractivity contribution in [2.45, 2.75) is 19.3 Å². The Labute approximate surface area is 112 Å². The monoisotopic (exact) mass is 265 g/mol. The third-order valence-electron chi connectivity index (χ3n) is 2.97. The fourth-order valence-corrected chi connectivity index (χ4v) is 1.94. The third kappa shape index (κ3) is 3.98. The molecule has 1 rings (SSSR count). The van der Waals surface area contributed by atoms with E-state index in [-0.39, 0.29) is 18.4 Å². The number of carboxylic acid groups (broad SMARTS) is 1. The molecule has 0 fully saturated rings. The van der Waals surface area contributed by atoms with Crippen LogP contribution in [0.5, 0.6) is 5.75 Å². The largest absolute Gasteiger partial charge is 0.497 e. The van der Waals surface area contributed by atoms with Crippen LogP contribution in [0, 0.1) is 0 Å². The summed E-state index contributed by atoms with van der Waals surface area (Å²) < 4.78 is 5.07. The second-order valence-corrected chi connectivity index (χ2v) is 4.32. The highest BCUT2D eigenvalue weighted by Gasteiger charge is 2.23. The van der Waals surface area contributed by atoms with Gasteiger partial charge in [-0.05, 0) is 24.1 Å². The number of carboxylic acids is 1. The van der Waals surface area contributed by atoms with Crippen LogP contribution in [0.1, 0.15) is 24.8 Å². The molecule has 1 N–H and O–H groups in total. The summed E-state index contributed by atoms with van der Waals surface area (Å²) in [5, 5.41) is 8.72. The molecule has 1 unspecified atom stereocenters. The van der Waals surface area contributed by atoms with Crippen molar-refractivity contribution in [1.82, 2.24) is 4.90 Å². The molecule has 0 aliphatic rings. The quantitative estimate of drug-likeness (QED) is 0.850. The lowest BCUT2D eigenvalue weighted by Gasteiger charge is -2.22. The van der Waals surface area contributed by atoms with Gasteiger partial charge < -0.3 is 14.7 Å². The minimum absolute atomic E-state index is 0.185.